The Labute approximate surface area is 123 Å². The lowest BCUT2D eigenvalue weighted by molar-refractivity contribution is 0.0764. The Morgan fingerprint density at radius 1 is 1.30 bits per heavy atom. The molecule has 0 saturated carbocycles. The van der Waals surface area contributed by atoms with E-state index in [2.05, 4.69) is 4.90 Å². The second kappa shape index (κ2) is 7.40. The van der Waals surface area contributed by atoms with Crippen molar-refractivity contribution in [3.05, 3.63) is 22.4 Å². The van der Waals surface area contributed by atoms with E-state index >= 15 is 0 Å². The predicted molar refractivity (Wildman–Crippen MR) is 78.3 cm³/mol. The second-order valence-electron chi connectivity index (χ2n) is 4.68. The maximum atomic E-state index is 11.9. The third-order valence-electron chi connectivity index (χ3n) is 3.35. The molecule has 0 spiro atoms. The van der Waals surface area contributed by atoms with Crippen LogP contribution in [0.4, 0.5) is 4.79 Å². The van der Waals surface area contributed by atoms with Crippen molar-refractivity contribution >= 4 is 23.2 Å². The summed E-state index contributed by atoms with van der Waals surface area (Å²) < 4.78 is 4.98. The number of piperazine rings is 1. The summed E-state index contributed by atoms with van der Waals surface area (Å²) in [6.45, 7) is 5.93. The molecule has 0 bridgehead atoms. The zero-order valence-electron chi connectivity index (χ0n) is 11.7. The van der Waals surface area contributed by atoms with Gasteiger partial charge in [-0.15, -0.1) is 11.3 Å². The fraction of sp³-hybridized carbons (Fsp3) is 0.571. The number of amides is 1. The van der Waals surface area contributed by atoms with Crippen LogP contribution in [-0.4, -0.2) is 61.0 Å². The van der Waals surface area contributed by atoms with Crippen LogP contribution in [0.1, 0.15) is 23.0 Å². The standard InChI is InChI=1S/C14H20N2O3S/c1-2-19-14(18)16-9-7-15(8-10-16)6-5-12(17)13-4-3-11-20-13/h3-4,11H,2,5-10H2,1H3. The zero-order chi connectivity index (χ0) is 14.4. The minimum atomic E-state index is -0.234. The van der Waals surface area contributed by atoms with Gasteiger partial charge in [-0.25, -0.2) is 4.79 Å². The normalized spacial score (nSPS) is 16.1. The monoisotopic (exact) mass is 296 g/mol. The van der Waals surface area contributed by atoms with Gasteiger partial charge in [0.05, 0.1) is 11.5 Å². The highest BCUT2D eigenvalue weighted by Gasteiger charge is 2.22. The number of ether oxygens (including phenoxy) is 1. The molecular formula is C14H20N2O3S. The summed E-state index contributed by atoms with van der Waals surface area (Å²) in [6, 6.07) is 3.77. The van der Waals surface area contributed by atoms with E-state index < -0.39 is 0 Å². The first-order chi connectivity index (χ1) is 9.70. The van der Waals surface area contributed by atoms with E-state index in [0.717, 1.165) is 24.5 Å². The predicted octanol–water partition coefficient (Wildman–Crippen LogP) is 2.10. The molecule has 1 aliphatic rings. The van der Waals surface area contributed by atoms with Crippen molar-refractivity contribution in [1.29, 1.82) is 0 Å². The molecule has 5 nitrogen and oxygen atoms in total. The van der Waals surface area contributed by atoms with Crippen LogP contribution in [0.5, 0.6) is 0 Å². The van der Waals surface area contributed by atoms with E-state index in [0.29, 0.717) is 26.1 Å². The van der Waals surface area contributed by atoms with Gasteiger partial charge in [0.15, 0.2) is 5.78 Å². The first-order valence-electron chi connectivity index (χ1n) is 6.91. The number of hydrogen-bond acceptors (Lipinski definition) is 5. The number of thiophene rings is 1. The van der Waals surface area contributed by atoms with Crippen LogP contribution in [0, 0.1) is 0 Å². The number of ketones is 1. The summed E-state index contributed by atoms with van der Waals surface area (Å²) in [5, 5.41) is 1.92. The maximum absolute atomic E-state index is 11.9. The molecule has 0 aromatic carbocycles. The van der Waals surface area contributed by atoms with E-state index in [-0.39, 0.29) is 11.9 Å². The molecule has 2 heterocycles. The van der Waals surface area contributed by atoms with Gasteiger partial charge in [0, 0.05) is 39.1 Å². The minimum absolute atomic E-state index is 0.202. The highest BCUT2D eigenvalue weighted by atomic mass is 32.1. The topological polar surface area (TPSA) is 49.9 Å². The van der Waals surface area contributed by atoms with Crippen molar-refractivity contribution in [2.75, 3.05) is 39.3 Å². The van der Waals surface area contributed by atoms with Crippen LogP contribution in [0.25, 0.3) is 0 Å². The van der Waals surface area contributed by atoms with Gasteiger partial charge in [0.25, 0.3) is 0 Å². The summed E-state index contributed by atoms with van der Waals surface area (Å²) in [5.74, 6) is 0.202. The molecule has 0 unspecified atom stereocenters. The van der Waals surface area contributed by atoms with Gasteiger partial charge in [-0.2, -0.15) is 0 Å². The lowest BCUT2D eigenvalue weighted by Gasteiger charge is -2.33. The quantitative estimate of drug-likeness (QED) is 0.781. The van der Waals surface area contributed by atoms with Crippen molar-refractivity contribution in [3.8, 4) is 0 Å². The Morgan fingerprint density at radius 2 is 2.05 bits per heavy atom. The summed E-state index contributed by atoms with van der Waals surface area (Å²) >= 11 is 1.49. The Kier molecular flexibility index (Phi) is 5.55. The summed E-state index contributed by atoms with van der Waals surface area (Å²) in [7, 11) is 0. The van der Waals surface area contributed by atoms with Crippen molar-refractivity contribution in [2.45, 2.75) is 13.3 Å². The zero-order valence-corrected chi connectivity index (χ0v) is 12.5. The van der Waals surface area contributed by atoms with Gasteiger partial charge in [-0.1, -0.05) is 6.07 Å². The summed E-state index contributed by atoms with van der Waals surface area (Å²) in [5.41, 5.74) is 0. The Bertz CT molecular complexity index is 439. The molecule has 1 aromatic rings. The highest BCUT2D eigenvalue weighted by molar-refractivity contribution is 7.12. The molecule has 0 radical (unpaired) electrons. The van der Waals surface area contributed by atoms with E-state index in [1.165, 1.54) is 11.3 Å². The molecule has 0 N–H and O–H groups in total. The molecule has 1 aliphatic heterocycles. The van der Waals surface area contributed by atoms with Gasteiger partial charge >= 0.3 is 6.09 Å². The maximum Gasteiger partial charge on any atom is 0.409 e. The van der Waals surface area contributed by atoms with Crippen LogP contribution < -0.4 is 0 Å². The van der Waals surface area contributed by atoms with Crippen LogP contribution in [0.15, 0.2) is 17.5 Å². The van der Waals surface area contributed by atoms with E-state index in [1.54, 1.807) is 4.90 Å². The number of nitrogens with zero attached hydrogens (tertiary/aromatic N) is 2. The lowest BCUT2D eigenvalue weighted by atomic mass is 10.2. The van der Waals surface area contributed by atoms with Gasteiger partial charge in [-0.05, 0) is 18.4 Å². The van der Waals surface area contributed by atoms with Crippen LogP contribution >= 0.6 is 11.3 Å². The van der Waals surface area contributed by atoms with E-state index in [4.69, 9.17) is 4.74 Å². The third kappa shape index (κ3) is 4.05. The largest absolute Gasteiger partial charge is 0.450 e. The minimum Gasteiger partial charge on any atom is -0.450 e. The number of hydrogen-bond donors (Lipinski definition) is 0. The second-order valence-corrected chi connectivity index (χ2v) is 5.63. The van der Waals surface area contributed by atoms with Crippen molar-refractivity contribution in [3.63, 3.8) is 0 Å². The lowest BCUT2D eigenvalue weighted by Crippen LogP contribution is -2.49. The molecule has 1 aromatic heterocycles. The van der Waals surface area contributed by atoms with Gasteiger partial charge in [0.2, 0.25) is 0 Å². The molecule has 1 saturated heterocycles. The van der Waals surface area contributed by atoms with Gasteiger partial charge < -0.3 is 9.64 Å². The smallest absolute Gasteiger partial charge is 0.409 e. The number of rotatable bonds is 5. The van der Waals surface area contributed by atoms with Crippen LogP contribution in [-0.2, 0) is 4.74 Å². The highest BCUT2D eigenvalue weighted by Crippen LogP contribution is 2.12. The molecule has 110 valence electrons. The van der Waals surface area contributed by atoms with Crippen molar-refractivity contribution in [1.82, 2.24) is 9.80 Å². The number of carbonyl (C=O) groups excluding carboxylic acids is 2. The molecule has 1 amide bonds. The SMILES string of the molecule is CCOC(=O)N1CCN(CCC(=O)c2cccs2)CC1. The number of carbonyl (C=O) groups is 2. The fourth-order valence-corrected chi connectivity index (χ4v) is 2.88. The Hall–Kier alpha value is -1.40. The molecule has 2 rings (SSSR count). The average molecular weight is 296 g/mol. The number of Topliss-reactive ketones (excluding diaryl/α,β-unsaturated/α-hetero) is 1. The van der Waals surface area contributed by atoms with E-state index in [9.17, 15) is 9.59 Å². The molecule has 1 fully saturated rings. The Morgan fingerprint density at radius 3 is 2.65 bits per heavy atom. The molecule has 20 heavy (non-hydrogen) atoms. The average Bonchev–Trinajstić information content (AvgIpc) is 3.00. The molecule has 0 atom stereocenters. The van der Waals surface area contributed by atoms with Gasteiger partial charge in [-0.3, -0.25) is 9.69 Å². The van der Waals surface area contributed by atoms with Crippen molar-refractivity contribution < 1.29 is 14.3 Å². The molecular weight excluding hydrogens is 276 g/mol. The first-order valence-corrected chi connectivity index (χ1v) is 7.79. The van der Waals surface area contributed by atoms with Crippen LogP contribution in [0.3, 0.4) is 0 Å². The summed E-state index contributed by atoms with van der Waals surface area (Å²) in [6.07, 6.45) is 0.307. The fourth-order valence-electron chi connectivity index (χ4n) is 2.19. The summed E-state index contributed by atoms with van der Waals surface area (Å²) in [4.78, 5) is 28.2. The Balaban J connectivity index is 1.69. The molecule has 6 heteroatoms. The van der Waals surface area contributed by atoms with Crippen molar-refractivity contribution in [2.24, 2.45) is 0 Å². The van der Waals surface area contributed by atoms with Crippen LogP contribution in [0.2, 0.25) is 0 Å². The van der Waals surface area contributed by atoms with Gasteiger partial charge in [0.1, 0.15) is 0 Å². The first kappa shape index (κ1) is 15.0. The van der Waals surface area contributed by atoms with E-state index in [1.807, 2.05) is 24.4 Å². The third-order valence-corrected chi connectivity index (χ3v) is 4.26. The molecule has 0 aliphatic carbocycles.